The van der Waals surface area contributed by atoms with Crippen molar-refractivity contribution in [1.82, 2.24) is 10.0 Å². The van der Waals surface area contributed by atoms with Crippen LogP contribution in [0.1, 0.15) is 25.0 Å². The first-order valence-electron chi connectivity index (χ1n) is 8.74. The van der Waals surface area contributed by atoms with Crippen LogP contribution >= 0.6 is 0 Å². The van der Waals surface area contributed by atoms with E-state index in [0.717, 1.165) is 5.56 Å². The fraction of sp³-hybridized carbons (Fsp3) is 0.350. The number of benzene rings is 2. The van der Waals surface area contributed by atoms with Crippen LogP contribution in [0.3, 0.4) is 0 Å². The van der Waals surface area contributed by atoms with Crippen molar-refractivity contribution in [3.05, 3.63) is 59.7 Å². The molecule has 2 rings (SSSR count). The van der Waals surface area contributed by atoms with Gasteiger partial charge in [-0.3, -0.25) is 4.79 Å². The average molecular weight is 391 g/mol. The molecule has 0 unspecified atom stereocenters. The van der Waals surface area contributed by atoms with Gasteiger partial charge in [0.15, 0.2) is 0 Å². The van der Waals surface area contributed by atoms with Gasteiger partial charge in [-0.05, 0) is 56.5 Å². The van der Waals surface area contributed by atoms with E-state index in [1.54, 1.807) is 13.0 Å². The van der Waals surface area contributed by atoms with Gasteiger partial charge in [0.05, 0.1) is 12.0 Å². The molecule has 0 aliphatic carbocycles. The van der Waals surface area contributed by atoms with Gasteiger partial charge in [0.1, 0.15) is 11.8 Å². The third kappa shape index (κ3) is 5.80. The zero-order chi connectivity index (χ0) is 20.0. The van der Waals surface area contributed by atoms with Crippen LogP contribution in [-0.2, 0) is 21.2 Å². The predicted octanol–water partition coefficient (Wildman–Crippen LogP) is 2.42. The van der Waals surface area contributed by atoms with E-state index in [9.17, 15) is 13.2 Å². The van der Waals surface area contributed by atoms with Crippen molar-refractivity contribution in [1.29, 1.82) is 0 Å². The van der Waals surface area contributed by atoms with E-state index < -0.39 is 16.1 Å². The highest BCUT2D eigenvalue weighted by molar-refractivity contribution is 7.89. The molecule has 0 saturated carbocycles. The van der Waals surface area contributed by atoms with E-state index >= 15 is 0 Å². The van der Waals surface area contributed by atoms with Gasteiger partial charge in [-0.2, -0.15) is 4.72 Å². The Morgan fingerprint density at radius 2 is 1.78 bits per heavy atom. The van der Waals surface area contributed by atoms with Gasteiger partial charge in [-0.15, -0.1) is 0 Å². The molecule has 2 aromatic rings. The zero-order valence-electron chi connectivity index (χ0n) is 16.0. The van der Waals surface area contributed by atoms with Crippen molar-refractivity contribution in [3.63, 3.8) is 0 Å². The zero-order valence-corrected chi connectivity index (χ0v) is 16.8. The molecule has 0 heterocycles. The van der Waals surface area contributed by atoms with Crippen LogP contribution in [0.25, 0.3) is 0 Å². The number of rotatable bonds is 8. The molecule has 0 aliphatic rings. The van der Waals surface area contributed by atoms with Crippen LogP contribution in [0, 0.1) is 6.92 Å². The Bertz CT molecular complexity index is 880. The van der Waals surface area contributed by atoms with Crippen molar-refractivity contribution in [2.75, 3.05) is 7.11 Å². The Kier molecular flexibility index (Phi) is 6.98. The summed E-state index contributed by atoms with van der Waals surface area (Å²) in [6.45, 7) is 5.43. The second kappa shape index (κ2) is 9.01. The van der Waals surface area contributed by atoms with Gasteiger partial charge in [0, 0.05) is 6.04 Å². The van der Waals surface area contributed by atoms with Crippen molar-refractivity contribution < 1.29 is 17.9 Å². The number of aryl methyl sites for hydroxylation is 1. The molecule has 146 valence electrons. The maximum atomic E-state index is 12.8. The quantitative estimate of drug-likeness (QED) is 0.725. The van der Waals surface area contributed by atoms with E-state index in [2.05, 4.69) is 10.0 Å². The Balaban J connectivity index is 2.29. The summed E-state index contributed by atoms with van der Waals surface area (Å²) in [4.78, 5) is 12.7. The number of methoxy groups -OCH3 is 1. The summed E-state index contributed by atoms with van der Waals surface area (Å²) in [6, 6.07) is 12.9. The smallest absolute Gasteiger partial charge is 0.241 e. The number of hydrogen-bond acceptors (Lipinski definition) is 4. The lowest BCUT2D eigenvalue weighted by Crippen LogP contribution is -2.49. The van der Waals surface area contributed by atoms with Crippen LogP contribution in [0.2, 0.25) is 0 Å². The lowest BCUT2D eigenvalue weighted by atomic mass is 10.1. The number of amides is 1. The first-order valence-corrected chi connectivity index (χ1v) is 10.2. The van der Waals surface area contributed by atoms with Crippen molar-refractivity contribution in [2.45, 2.75) is 44.2 Å². The molecule has 7 heteroatoms. The summed E-state index contributed by atoms with van der Waals surface area (Å²) >= 11 is 0. The normalized spacial score (nSPS) is 12.6. The standard InChI is InChI=1S/C20H26N2O4S/c1-14(2)21-20(23)18(13-16-8-6-5-7-9-16)22-27(24,25)17-10-11-19(26-4)15(3)12-17/h5-12,14,18,22H,13H2,1-4H3,(H,21,23)/t18-/m0/s1. The fourth-order valence-electron chi connectivity index (χ4n) is 2.70. The first-order chi connectivity index (χ1) is 12.7. The first kappa shape index (κ1) is 20.9. The molecule has 2 aromatic carbocycles. The molecule has 6 nitrogen and oxygen atoms in total. The maximum absolute atomic E-state index is 12.8. The Morgan fingerprint density at radius 1 is 1.11 bits per heavy atom. The predicted molar refractivity (Wildman–Crippen MR) is 105 cm³/mol. The highest BCUT2D eigenvalue weighted by atomic mass is 32.2. The Morgan fingerprint density at radius 3 is 2.33 bits per heavy atom. The summed E-state index contributed by atoms with van der Waals surface area (Å²) < 4.78 is 33.4. The third-order valence-corrected chi connectivity index (χ3v) is 5.47. The fourth-order valence-corrected chi connectivity index (χ4v) is 3.98. The SMILES string of the molecule is COc1ccc(S(=O)(=O)N[C@@H](Cc2ccccc2)C(=O)NC(C)C)cc1C. The lowest BCUT2D eigenvalue weighted by molar-refractivity contribution is -0.123. The Labute approximate surface area is 161 Å². The molecule has 0 fully saturated rings. The molecular weight excluding hydrogens is 364 g/mol. The highest BCUT2D eigenvalue weighted by Gasteiger charge is 2.26. The molecule has 0 bridgehead atoms. The molecule has 0 spiro atoms. The molecule has 1 amide bonds. The van der Waals surface area contributed by atoms with Crippen LogP contribution < -0.4 is 14.8 Å². The van der Waals surface area contributed by atoms with Gasteiger partial charge in [0.25, 0.3) is 0 Å². The number of nitrogens with one attached hydrogen (secondary N) is 2. The van der Waals surface area contributed by atoms with E-state index in [1.807, 2.05) is 44.2 Å². The second-order valence-electron chi connectivity index (χ2n) is 6.66. The lowest BCUT2D eigenvalue weighted by Gasteiger charge is -2.20. The molecule has 2 N–H and O–H groups in total. The van der Waals surface area contributed by atoms with Crippen LogP contribution in [0.5, 0.6) is 5.75 Å². The average Bonchev–Trinajstić information content (AvgIpc) is 2.61. The molecule has 1 atom stereocenters. The van der Waals surface area contributed by atoms with Gasteiger partial charge < -0.3 is 10.1 Å². The van der Waals surface area contributed by atoms with Gasteiger partial charge in [-0.25, -0.2) is 8.42 Å². The van der Waals surface area contributed by atoms with Crippen molar-refractivity contribution in [3.8, 4) is 5.75 Å². The summed E-state index contributed by atoms with van der Waals surface area (Å²) in [7, 11) is -2.35. The minimum Gasteiger partial charge on any atom is -0.496 e. The molecular formula is C20H26N2O4S. The number of sulfonamides is 1. The van der Waals surface area contributed by atoms with Crippen LogP contribution in [0.4, 0.5) is 0 Å². The van der Waals surface area contributed by atoms with E-state index in [1.165, 1.54) is 19.2 Å². The second-order valence-corrected chi connectivity index (χ2v) is 8.37. The monoisotopic (exact) mass is 390 g/mol. The molecule has 0 aliphatic heterocycles. The van der Waals surface area contributed by atoms with E-state index in [-0.39, 0.29) is 23.3 Å². The van der Waals surface area contributed by atoms with Gasteiger partial charge in [0.2, 0.25) is 15.9 Å². The number of ether oxygens (including phenoxy) is 1. The summed E-state index contributed by atoms with van der Waals surface area (Å²) in [5, 5.41) is 2.78. The van der Waals surface area contributed by atoms with Crippen LogP contribution in [-0.4, -0.2) is 33.5 Å². The number of hydrogen-bond donors (Lipinski definition) is 2. The van der Waals surface area contributed by atoms with Crippen molar-refractivity contribution >= 4 is 15.9 Å². The Hall–Kier alpha value is -2.38. The minimum atomic E-state index is -3.87. The van der Waals surface area contributed by atoms with Crippen LogP contribution in [0.15, 0.2) is 53.4 Å². The van der Waals surface area contributed by atoms with Gasteiger partial charge in [-0.1, -0.05) is 30.3 Å². The van der Waals surface area contributed by atoms with E-state index in [0.29, 0.717) is 11.3 Å². The summed E-state index contributed by atoms with van der Waals surface area (Å²) in [5.41, 5.74) is 1.57. The molecule has 0 aromatic heterocycles. The summed E-state index contributed by atoms with van der Waals surface area (Å²) in [5.74, 6) is 0.245. The summed E-state index contributed by atoms with van der Waals surface area (Å²) in [6.07, 6.45) is 0.258. The third-order valence-electron chi connectivity index (χ3n) is 4.00. The topological polar surface area (TPSA) is 84.5 Å². The highest BCUT2D eigenvalue weighted by Crippen LogP contribution is 2.21. The van der Waals surface area contributed by atoms with Crippen molar-refractivity contribution in [2.24, 2.45) is 0 Å². The molecule has 27 heavy (non-hydrogen) atoms. The number of carbonyl (C=O) groups excluding carboxylic acids is 1. The number of carbonyl (C=O) groups is 1. The molecule has 0 radical (unpaired) electrons. The maximum Gasteiger partial charge on any atom is 0.241 e. The van der Waals surface area contributed by atoms with E-state index in [4.69, 9.17) is 4.74 Å². The van der Waals surface area contributed by atoms with Gasteiger partial charge >= 0.3 is 0 Å². The molecule has 0 saturated heterocycles. The minimum absolute atomic E-state index is 0.0937. The largest absolute Gasteiger partial charge is 0.496 e.